The molecule has 0 unspecified atom stereocenters. The number of anilines is 2. The van der Waals surface area contributed by atoms with E-state index in [0.29, 0.717) is 0 Å². The van der Waals surface area contributed by atoms with E-state index >= 15 is 0 Å². The summed E-state index contributed by atoms with van der Waals surface area (Å²) in [5, 5.41) is 22.0. The lowest BCUT2D eigenvalue weighted by Gasteiger charge is -2.34. The Hall–Kier alpha value is -2.84. The van der Waals surface area contributed by atoms with E-state index < -0.39 is 0 Å². The van der Waals surface area contributed by atoms with Crippen LogP contribution in [0.1, 0.15) is 24.0 Å². The summed E-state index contributed by atoms with van der Waals surface area (Å²) in [5.41, 5.74) is 5.11. The topological polar surface area (TPSA) is 58.0 Å². The molecule has 0 spiro atoms. The van der Waals surface area contributed by atoms with Crippen LogP contribution in [0, 0.1) is 0 Å². The van der Waals surface area contributed by atoms with Gasteiger partial charge in [-0.2, -0.15) is 0 Å². The van der Waals surface area contributed by atoms with Crippen LogP contribution in [-0.2, 0) is 12.8 Å². The van der Waals surface area contributed by atoms with Gasteiger partial charge in [0.15, 0.2) is 10.8 Å². The van der Waals surface area contributed by atoms with Crippen LogP contribution < -0.4 is 9.80 Å². The fourth-order valence-corrected chi connectivity index (χ4v) is 6.20. The summed E-state index contributed by atoms with van der Waals surface area (Å²) in [6, 6.07) is 15.1. The summed E-state index contributed by atoms with van der Waals surface area (Å²) >= 11 is 3.38. The third-order valence-corrected chi connectivity index (χ3v) is 8.34. The van der Waals surface area contributed by atoms with Gasteiger partial charge in [0.25, 0.3) is 0 Å². The number of hydrogen-bond donors (Lipinski definition) is 0. The molecule has 3 aromatic heterocycles. The van der Waals surface area contributed by atoms with Gasteiger partial charge in [0.1, 0.15) is 0 Å². The molecule has 0 atom stereocenters. The summed E-state index contributed by atoms with van der Waals surface area (Å²) in [6.07, 6.45) is 4.99. The van der Waals surface area contributed by atoms with E-state index in [9.17, 15) is 0 Å². The van der Waals surface area contributed by atoms with Crippen molar-refractivity contribution in [2.45, 2.75) is 25.7 Å². The van der Waals surface area contributed by atoms with Crippen LogP contribution in [0.5, 0.6) is 0 Å². The molecule has 0 radical (unpaired) electrons. The van der Waals surface area contributed by atoms with E-state index in [-0.39, 0.29) is 0 Å². The molecule has 8 heteroatoms. The first-order valence-electron chi connectivity index (χ1n) is 11.2. The van der Waals surface area contributed by atoms with Gasteiger partial charge in [0, 0.05) is 31.7 Å². The Kier molecular flexibility index (Phi) is 5.32. The van der Waals surface area contributed by atoms with Gasteiger partial charge in [0.2, 0.25) is 5.13 Å². The average Bonchev–Trinajstić information content (AvgIpc) is 3.56. The van der Waals surface area contributed by atoms with E-state index in [1.54, 1.807) is 22.7 Å². The highest BCUT2D eigenvalue weighted by molar-refractivity contribution is 7.22. The van der Waals surface area contributed by atoms with Crippen molar-refractivity contribution in [2.24, 2.45) is 0 Å². The molecule has 0 bridgehead atoms. The Morgan fingerprint density at radius 2 is 1.59 bits per heavy atom. The van der Waals surface area contributed by atoms with Crippen LogP contribution in [0.25, 0.3) is 21.1 Å². The Labute approximate surface area is 195 Å². The minimum atomic E-state index is 0.904. The van der Waals surface area contributed by atoms with Crippen molar-refractivity contribution in [3.8, 4) is 21.1 Å². The molecule has 1 aliphatic heterocycles. The Morgan fingerprint density at radius 1 is 0.750 bits per heavy atom. The van der Waals surface area contributed by atoms with Gasteiger partial charge in [-0.05, 0) is 66.5 Å². The molecular weight excluding hydrogens is 436 g/mol. The van der Waals surface area contributed by atoms with E-state index in [1.807, 2.05) is 0 Å². The third kappa shape index (κ3) is 3.89. The van der Waals surface area contributed by atoms with Crippen molar-refractivity contribution in [3.05, 3.63) is 59.0 Å². The molecular formula is C24H24N6S2. The quantitative estimate of drug-likeness (QED) is 0.430. The maximum Gasteiger partial charge on any atom is 0.208 e. The number of aromatic nitrogens is 4. The summed E-state index contributed by atoms with van der Waals surface area (Å²) in [5.74, 6) is 0.947. The normalized spacial score (nSPS) is 16.2. The number of rotatable bonds is 4. The molecule has 4 heterocycles. The molecule has 32 heavy (non-hydrogen) atoms. The number of hydrogen-bond acceptors (Lipinski definition) is 8. The Morgan fingerprint density at radius 3 is 2.38 bits per heavy atom. The zero-order valence-electron chi connectivity index (χ0n) is 17.8. The standard InChI is InChI=1S/C24H24N6S2/c1-2-5-18-16-19(8-7-17(18)4-1)20-9-10-22(26-25-20)29-11-13-30(14-12-29)24-28-27-23(32-24)21-6-3-15-31-21/h3,6-10,15-16H,1-2,4-5,11-14H2. The van der Waals surface area contributed by atoms with Crippen molar-refractivity contribution in [1.82, 2.24) is 20.4 Å². The van der Waals surface area contributed by atoms with Gasteiger partial charge in [-0.25, -0.2) is 0 Å². The fraction of sp³-hybridized carbons (Fsp3) is 0.333. The SMILES string of the molecule is c1csc(-c2nnc(N3CCN(c4ccc(-c5ccc6c(c5)CCCC6)nn4)CC3)s2)c1. The number of aryl methyl sites for hydroxylation is 2. The molecule has 4 aromatic rings. The smallest absolute Gasteiger partial charge is 0.208 e. The van der Waals surface area contributed by atoms with Crippen molar-refractivity contribution < 1.29 is 0 Å². The largest absolute Gasteiger partial charge is 0.352 e. The Balaban J connectivity index is 1.11. The molecule has 6 nitrogen and oxygen atoms in total. The van der Waals surface area contributed by atoms with E-state index in [1.165, 1.54) is 47.3 Å². The van der Waals surface area contributed by atoms with Crippen molar-refractivity contribution in [3.63, 3.8) is 0 Å². The van der Waals surface area contributed by atoms with Crippen molar-refractivity contribution >= 4 is 33.6 Å². The summed E-state index contributed by atoms with van der Waals surface area (Å²) in [7, 11) is 0. The van der Waals surface area contributed by atoms with E-state index in [4.69, 9.17) is 0 Å². The van der Waals surface area contributed by atoms with Crippen molar-refractivity contribution in [1.29, 1.82) is 0 Å². The minimum absolute atomic E-state index is 0.904. The third-order valence-electron chi connectivity index (χ3n) is 6.32. The first-order chi connectivity index (χ1) is 15.8. The second-order valence-corrected chi connectivity index (χ2v) is 10.2. The first-order valence-corrected chi connectivity index (χ1v) is 12.9. The highest BCUT2D eigenvalue weighted by Gasteiger charge is 2.22. The lowest BCUT2D eigenvalue weighted by Crippen LogP contribution is -2.46. The molecule has 0 amide bonds. The lowest BCUT2D eigenvalue weighted by atomic mass is 9.90. The second kappa shape index (κ2) is 8.60. The molecule has 6 rings (SSSR count). The zero-order chi connectivity index (χ0) is 21.3. The number of nitrogens with zero attached hydrogens (tertiary/aromatic N) is 6. The van der Waals surface area contributed by atoms with Crippen LogP contribution >= 0.6 is 22.7 Å². The second-order valence-electron chi connectivity index (χ2n) is 8.31. The van der Waals surface area contributed by atoms with Crippen LogP contribution in [0.2, 0.25) is 0 Å². The first kappa shape index (κ1) is 19.8. The molecule has 1 aliphatic carbocycles. The molecule has 0 N–H and O–H groups in total. The highest BCUT2D eigenvalue weighted by atomic mass is 32.1. The summed E-state index contributed by atoms with van der Waals surface area (Å²) in [6.45, 7) is 3.63. The molecule has 0 saturated carbocycles. The highest BCUT2D eigenvalue weighted by Crippen LogP contribution is 2.32. The molecule has 1 aromatic carbocycles. The van der Waals surface area contributed by atoms with Gasteiger partial charge >= 0.3 is 0 Å². The maximum absolute atomic E-state index is 4.56. The predicted octanol–water partition coefficient (Wildman–Crippen LogP) is 4.93. The van der Waals surface area contributed by atoms with E-state index in [0.717, 1.165) is 47.8 Å². The van der Waals surface area contributed by atoms with Gasteiger partial charge in [0.05, 0.1) is 10.6 Å². The van der Waals surface area contributed by atoms with Crippen LogP contribution in [-0.4, -0.2) is 46.6 Å². The summed E-state index contributed by atoms with van der Waals surface area (Å²) in [4.78, 5) is 5.81. The predicted molar refractivity (Wildman–Crippen MR) is 132 cm³/mol. The molecule has 1 saturated heterocycles. The van der Waals surface area contributed by atoms with Crippen LogP contribution in [0.3, 0.4) is 0 Å². The van der Waals surface area contributed by atoms with Crippen LogP contribution in [0.15, 0.2) is 47.8 Å². The van der Waals surface area contributed by atoms with Gasteiger partial charge in [-0.1, -0.05) is 29.5 Å². The monoisotopic (exact) mass is 460 g/mol. The van der Waals surface area contributed by atoms with Crippen LogP contribution in [0.4, 0.5) is 10.9 Å². The number of fused-ring (bicyclic) bond motifs is 1. The molecule has 162 valence electrons. The van der Waals surface area contributed by atoms with Gasteiger partial charge in [-0.3, -0.25) is 0 Å². The fourth-order valence-electron chi connectivity index (χ4n) is 4.51. The molecule has 1 fully saturated rings. The number of thiophene rings is 1. The van der Waals surface area contributed by atoms with Crippen molar-refractivity contribution in [2.75, 3.05) is 36.0 Å². The van der Waals surface area contributed by atoms with E-state index in [2.05, 4.69) is 78.0 Å². The Bertz CT molecular complexity index is 1190. The maximum atomic E-state index is 4.56. The lowest BCUT2D eigenvalue weighted by molar-refractivity contribution is 0.640. The average molecular weight is 461 g/mol. The van der Waals surface area contributed by atoms with Gasteiger partial charge < -0.3 is 9.80 Å². The number of piperazine rings is 1. The number of benzene rings is 1. The molecule has 2 aliphatic rings. The minimum Gasteiger partial charge on any atom is -0.352 e. The van der Waals surface area contributed by atoms with Gasteiger partial charge in [-0.15, -0.1) is 31.7 Å². The zero-order valence-corrected chi connectivity index (χ0v) is 19.4. The summed E-state index contributed by atoms with van der Waals surface area (Å²) < 4.78 is 0.